The van der Waals surface area contributed by atoms with Gasteiger partial charge in [0.2, 0.25) is 0 Å². The molecule has 0 amide bonds. The molecule has 2 saturated heterocycles. The minimum absolute atomic E-state index is 0.333. The smallest absolute Gasteiger partial charge is 0.184 e. The molecule has 4 unspecified atom stereocenters. The summed E-state index contributed by atoms with van der Waals surface area (Å²) < 4.78 is 27.0. The standard InChI is InChI=1S/C25H23Cl2N5O4S2/c1-33-22-20(32-10-17(30-31-32)18-12-37-25(28)29-18)21-19(11-34-23(36-21)13-5-3-2-4-6-13)35-24(22)38-14-7-8-15(26)16(27)9-14/h2-10,12,19-24H,11H2,1H3,(H2,28,29)/t19?,20?,21-,22?,23?,24+/m0/s1. The average Bonchev–Trinajstić information content (AvgIpc) is 3.59. The number of hydrogen-bond donors (Lipinski definition) is 1. The van der Waals surface area contributed by atoms with Crippen LogP contribution in [0.1, 0.15) is 17.9 Å². The number of rotatable bonds is 6. The van der Waals surface area contributed by atoms with E-state index in [-0.39, 0.29) is 12.1 Å². The van der Waals surface area contributed by atoms with Crippen LogP contribution in [0.2, 0.25) is 10.0 Å². The minimum Gasteiger partial charge on any atom is -0.375 e. The number of anilines is 1. The molecule has 6 atom stereocenters. The number of nitrogen functional groups attached to an aromatic ring is 1. The van der Waals surface area contributed by atoms with Gasteiger partial charge in [0, 0.05) is 22.9 Å². The van der Waals surface area contributed by atoms with E-state index in [1.54, 1.807) is 17.9 Å². The van der Waals surface area contributed by atoms with Crippen LogP contribution in [0, 0.1) is 0 Å². The molecule has 0 saturated carbocycles. The zero-order chi connectivity index (χ0) is 26.2. The summed E-state index contributed by atoms with van der Waals surface area (Å²) in [6, 6.07) is 14.9. The number of methoxy groups -OCH3 is 1. The highest BCUT2D eigenvalue weighted by Gasteiger charge is 2.52. The molecule has 9 nitrogen and oxygen atoms in total. The summed E-state index contributed by atoms with van der Waals surface area (Å²) in [5, 5.41) is 12.1. The van der Waals surface area contributed by atoms with Gasteiger partial charge in [-0.15, -0.1) is 16.4 Å². The van der Waals surface area contributed by atoms with E-state index in [4.69, 9.17) is 47.9 Å². The van der Waals surface area contributed by atoms with Crippen molar-refractivity contribution in [2.45, 2.75) is 41.0 Å². The fourth-order valence-corrected chi connectivity index (χ4v) is 6.75. The van der Waals surface area contributed by atoms with E-state index in [1.165, 1.54) is 23.1 Å². The Morgan fingerprint density at radius 1 is 1.11 bits per heavy atom. The van der Waals surface area contributed by atoms with Crippen LogP contribution in [0.4, 0.5) is 5.13 Å². The SMILES string of the molecule is COC1C(n2cc(-c3csc(N)n3)nn2)[C@H]2OC(c3ccccc3)OCC2O[C@@H]1Sc1ccc(Cl)c(Cl)c1. The highest BCUT2D eigenvalue weighted by Crippen LogP contribution is 2.45. The summed E-state index contributed by atoms with van der Waals surface area (Å²) in [5.74, 6) is 0. The Morgan fingerprint density at radius 2 is 1.95 bits per heavy atom. The van der Waals surface area contributed by atoms with Gasteiger partial charge in [-0.3, -0.25) is 0 Å². The van der Waals surface area contributed by atoms with Crippen LogP contribution in [-0.4, -0.2) is 57.4 Å². The molecule has 13 heteroatoms. The quantitative estimate of drug-likeness (QED) is 0.312. The van der Waals surface area contributed by atoms with Crippen molar-refractivity contribution in [3.8, 4) is 11.4 Å². The van der Waals surface area contributed by atoms with Crippen LogP contribution >= 0.6 is 46.3 Å². The number of aromatic nitrogens is 4. The van der Waals surface area contributed by atoms with Gasteiger partial charge in [0.15, 0.2) is 11.4 Å². The first-order chi connectivity index (χ1) is 18.5. The lowest BCUT2D eigenvalue weighted by Gasteiger charge is -2.48. The van der Waals surface area contributed by atoms with Gasteiger partial charge in [-0.1, -0.05) is 70.5 Å². The summed E-state index contributed by atoms with van der Waals surface area (Å²) in [6.07, 6.45) is 0.0147. The van der Waals surface area contributed by atoms with Crippen LogP contribution in [0.3, 0.4) is 0 Å². The summed E-state index contributed by atoms with van der Waals surface area (Å²) in [4.78, 5) is 5.23. The number of ether oxygens (including phenoxy) is 4. The molecule has 2 fully saturated rings. The Labute approximate surface area is 237 Å². The van der Waals surface area contributed by atoms with E-state index < -0.39 is 23.9 Å². The Hall–Kier alpha value is -2.22. The molecule has 2 aliphatic rings. The number of nitrogens with two attached hydrogens (primary N) is 1. The molecule has 0 spiro atoms. The van der Waals surface area contributed by atoms with Gasteiger partial charge in [-0.25, -0.2) is 9.67 Å². The number of thioether (sulfide) groups is 1. The first-order valence-electron chi connectivity index (χ1n) is 11.8. The molecule has 38 heavy (non-hydrogen) atoms. The van der Waals surface area contributed by atoms with Crippen molar-refractivity contribution in [3.63, 3.8) is 0 Å². The van der Waals surface area contributed by atoms with E-state index in [0.29, 0.717) is 33.2 Å². The van der Waals surface area contributed by atoms with Crippen LogP contribution in [0.5, 0.6) is 0 Å². The molecule has 198 valence electrons. The first-order valence-corrected chi connectivity index (χ1v) is 14.3. The second-order valence-corrected chi connectivity index (χ2v) is 11.6. The normalized spacial score (nSPS) is 27.2. The van der Waals surface area contributed by atoms with E-state index in [2.05, 4.69) is 15.3 Å². The Bertz CT molecular complexity index is 1410. The fourth-order valence-electron chi connectivity index (χ4n) is 4.62. The third-order valence-electron chi connectivity index (χ3n) is 6.40. The number of hydrogen-bond acceptors (Lipinski definition) is 10. The number of halogens is 2. The molecule has 0 bridgehead atoms. The number of fused-ring (bicyclic) bond motifs is 1. The lowest BCUT2D eigenvalue weighted by Crippen LogP contribution is -2.59. The zero-order valence-electron chi connectivity index (χ0n) is 20.0. The van der Waals surface area contributed by atoms with Crippen molar-refractivity contribution in [2.75, 3.05) is 19.5 Å². The number of nitrogens with zero attached hydrogens (tertiary/aromatic N) is 4. The van der Waals surface area contributed by atoms with E-state index >= 15 is 0 Å². The summed E-state index contributed by atoms with van der Waals surface area (Å²) in [5.41, 5.74) is 7.60. The molecule has 2 N–H and O–H groups in total. The molecule has 4 heterocycles. The third kappa shape index (κ3) is 5.17. The highest BCUT2D eigenvalue weighted by molar-refractivity contribution is 7.99. The van der Waals surface area contributed by atoms with Crippen LogP contribution in [0.15, 0.2) is 65.0 Å². The van der Waals surface area contributed by atoms with Crippen LogP contribution in [-0.2, 0) is 18.9 Å². The molecule has 0 aliphatic carbocycles. The van der Waals surface area contributed by atoms with Crippen LogP contribution in [0.25, 0.3) is 11.4 Å². The maximum atomic E-state index is 6.53. The van der Waals surface area contributed by atoms with Crippen molar-refractivity contribution < 1.29 is 18.9 Å². The monoisotopic (exact) mass is 591 g/mol. The van der Waals surface area contributed by atoms with Gasteiger partial charge in [0.1, 0.15) is 41.2 Å². The summed E-state index contributed by atoms with van der Waals surface area (Å²) in [6.45, 7) is 0.333. The highest BCUT2D eigenvalue weighted by atomic mass is 35.5. The lowest BCUT2D eigenvalue weighted by molar-refractivity contribution is -0.308. The van der Waals surface area contributed by atoms with Gasteiger partial charge >= 0.3 is 0 Å². The second kappa shape index (κ2) is 11.1. The Kier molecular flexibility index (Phi) is 7.61. The maximum Gasteiger partial charge on any atom is 0.184 e. The molecule has 2 aromatic heterocycles. The molecule has 6 rings (SSSR count). The van der Waals surface area contributed by atoms with Gasteiger partial charge < -0.3 is 24.7 Å². The van der Waals surface area contributed by atoms with Gasteiger partial charge in [0.05, 0.1) is 22.8 Å². The third-order valence-corrected chi connectivity index (χ3v) is 8.95. The maximum absolute atomic E-state index is 6.53. The van der Waals surface area contributed by atoms with Crippen molar-refractivity contribution >= 4 is 51.4 Å². The largest absolute Gasteiger partial charge is 0.375 e. The molecule has 2 aliphatic heterocycles. The topological polar surface area (TPSA) is 107 Å². The van der Waals surface area contributed by atoms with Gasteiger partial charge in [-0.05, 0) is 18.2 Å². The van der Waals surface area contributed by atoms with Crippen LogP contribution < -0.4 is 5.73 Å². The van der Waals surface area contributed by atoms with Crippen molar-refractivity contribution in [2.24, 2.45) is 0 Å². The molecule has 2 aromatic carbocycles. The zero-order valence-corrected chi connectivity index (χ0v) is 23.2. The Balaban J connectivity index is 1.35. The van der Waals surface area contributed by atoms with Gasteiger partial charge in [-0.2, -0.15) is 0 Å². The minimum atomic E-state index is -0.554. The van der Waals surface area contributed by atoms with E-state index in [1.807, 2.05) is 54.0 Å². The first kappa shape index (κ1) is 26.0. The predicted molar refractivity (Wildman–Crippen MR) is 146 cm³/mol. The summed E-state index contributed by atoms with van der Waals surface area (Å²) >= 11 is 15.2. The number of benzene rings is 2. The molecular formula is C25H23Cl2N5O4S2. The summed E-state index contributed by atoms with van der Waals surface area (Å²) in [7, 11) is 1.65. The fraction of sp³-hybridized carbons (Fsp3) is 0.320. The molecule has 0 radical (unpaired) electrons. The molecular weight excluding hydrogens is 569 g/mol. The Morgan fingerprint density at radius 3 is 2.68 bits per heavy atom. The van der Waals surface area contributed by atoms with Crippen molar-refractivity contribution in [1.82, 2.24) is 20.0 Å². The predicted octanol–water partition coefficient (Wildman–Crippen LogP) is 5.48. The van der Waals surface area contributed by atoms with Gasteiger partial charge in [0.25, 0.3) is 0 Å². The molecule has 4 aromatic rings. The van der Waals surface area contributed by atoms with E-state index in [0.717, 1.165) is 10.5 Å². The average molecular weight is 593 g/mol. The van der Waals surface area contributed by atoms with Crippen molar-refractivity contribution in [3.05, 3.63) is 75.7 Å². The van der Waals surface area contributed by atoms with Crippen molar-refractivity contribution in [1.29, 1.82) is 0 Å². The van der Waals surface area contributed by atoms with E-state index in [9.17, 15) is 0 Å². The number of thiazole rings is 1. The lowest BCUT2D eigenvalue weighted by atomic mass is 9.95. The second-order valence-electron chi connectivity index (χ2n) is 8.76.